The lowest BCUT2D eigenvalue weighted by atomic mass is 10.1. The zero-order valence-corrected chi connectivity index (χ0v) is 10.5. The van der Waals surface area contributed by atoms with Crippen molar-refractivity contribution in [3.63, 3.8) is 0 Å². The molecule has 1 N–H and O–H groups in total. The smallest absolute Gasteiger partial charge is 0.243 e. The second-order valence-electron chi connectivity index (χ2n) is 4.00. The van der Waals surface area contributed by atoms with Crippen LogP contribution in [0.2, 0.25) is 0 Å². The van der Waals surface area contributed by atoms with Gasteiger partial charge in [0.15, 0.2) is 0 Å². The van der Waals surface area contributed by atoms with Crippen LogP contribution >= 0.6 is 0 Å². The van der Waals surface area contributed by atoms with Crippen LogP contribution in [0.4, 0.5) is 0 Å². The third kappa shape index (κ3) is 11.2. The third-order valence-electron chi connectivity index (χ3n) is 2.39. The summed E-state index contributed by atoms with van der Waals surface area (Å²) in [5, 5.41) is 0. The van der Waals surface area contributed by atoms with Crippen LogP contribution in [0.1, 0.15) is 58.3 Å². The number of carbonyl (C=O) groups excluding carboxylic acids is 1. The van der Waals surface area contributed by atoms with Crippen molar-refractivity contribution in [1.29, 1.82) is 0 Å². The van der Waals surface area contributed by atoms with Gasteiger partial charge in [0, 0.05) is 6.42 Å². The number of rotatable bonds is 11. The first-order valence-electron chi connectivity index (χ1n) is 6.32. The summed E-state index contributed by atoms with van der Waals surface area (Å²) >= 11 is 0. The van der Waals surface area contributed by atoms with E-state index in [0.29, 0.717) is 13.0 Å². The second-order valence-corrected chi connectivity index (χ2v) is 4.00. The summed E-state index contributed by atoms with van der Waals surface area (Å²) in [6.07, 6.45) is 10.7. The molecule has 0 unspecified atom stereocenters. The number of nitrogens with one attached hydrogen (secondary N) is 1. The minimum Gasteiger partial charge on any atom is -0.273 e. The summed E-state index contributed by atoms with van der Waals surface area (Å²) < 4.78 is 0. The highest BCUT2D eigenvalue weighted by Crippen LogP contribution is 2.08. The first-order chi connectivity index (χ1) is 7.81. The zero-order chi connectivity index (χ0) is 12.1. The number of unbranched alkanes of at least 4 members (excludes halogenated alkanes) is 6. The Kier molecular flexibility index (Phi) is 11.6. The maximum absolute atomic E-state index is 11.2. The van der Waals surface area contributed by atoms with Gasteiger partial charge in [-0.05, 0) is 6.42 Å². The van der Waals surface area contributed by atoms with Crippen LogP contribution in [0.15, 0.2) is 12.7 Å². The Morgan fingerprint density at radius 3 is 2.44 bits per heavy atom. The van der Waals surface area contributed by atoms with E-state index < -0.39 is 0 Å². The van der Waals surface area contributed by atoms with Crippen LogP contribution < -0.4 is 5.48 Å². The summed E-state index contributed by atoms with van der Waals surface area (Å²) in [4.78, 5) is 16.0. The molecule has 0 fully saturated rings. The molecule has 0 atom stereocenters. The highest BCUT2D eigenvalue weighted by Gasteiger charge is 1.99. The molecule has 16 heavy (non-hydrogen) atoms. The van der Waals surface area contributed by atoms with Gasteiger partial charge in [0.05, 0.1) is 6.61 Å². The lowest BCUT2D eigenvalue weighted by molar-refractivity contribution is -0.132. The predicted octanol–water partition coefficient (Wildman–Crippen LogP) is 3.36. The van der Waals surface area contributed by atoms with Gasteiger partial charge in [-0.3, -0.25) is 9.63 Å². The third-order valence-corrected chi connectivity index (χ3v) is 2.39. The molecule has 1 amide bonds. The standard InChI is InChI=1S/C13H25NO2/c1-3-5-6-7-8-9-10-11-13(15)14-16-12-4-2/h4H,2-3,5-12H2,1H3,(H,14,15). The average Bonchev–Trinajstić information content (AvgIpc) is 2.28. The fourth-order valence-electron chi connectivity index (χ4n) is 1.47. The Morgan fingerprint density at radius 1 is 1.19 bits per heavy atom. The van der Waals surface area contributed by atoms with Crippen molar-refractivity contribution in [2.45, 2.75) is 58.3 Å². The number of carbonyl (C=O) groups is 1. The van der Waals surface area contributed by atoms with Gasteiger partial charge in [0.1, 0.15) is 0 Å². The molecule has 0 heterocycles. The van der Waals surface area contributed by atoms with Gasteiger partial charge in [-0.2, -0.15) is 0 Å². The maximum Gasteiger partial charge on any atom is 0.243 e. The van der Waals surface area contributed by atoms with E-state index in [0.717, 1.165) is 12.8 Å². The molecule has 0 aliphatic rings. The molecular weight excluding hydrogens is 202 g/mol. The fraction of sp³-hybridized carbons (Fsp3) is 0.769. The number of hydrogen-bond acceptors (Lipinski definition) is 2. The Bertz CT molecular complexity index is 181. The molecule has 0 aromatic rings. The van der Waals surface area contributed by atoms with Crippen molar-refractivity contribution in [2.24, 2.45) is 0 Å². The van der Waals surface area contributed by atoms with Gasteiger partial charge >= 0.3 is 0 Å². The van der Waals surface area contributed by atoms with Gasteiger partial charge < -0.3 is 0 Å². The quantitative estimate of drug-likeness (QED) is 0.334. The minimum absolute atomic E-state index is 0.0320. The molecule has 0 aromatic carbocycles. The minimum atomic E-state index is -0.0320. The van der Waals surface area contributed by atoms with Crippen molar-refractivity contribution >= 4 is 5.91 Å². The van der Waals surface area contributed by atoms with E-state index in [4.69, 9.17) is 4.84 Å². The number of hydroxylamine groups is 1. The van der Waals surface area contributed by atoms with Gasteiger partial charge in [0.25, 0.3) is 0 Å². The van der Waals surface area contributed by atoms with E-state index in [1.807, 2.05) is 0 Å². The molecule has 0 saturated heterocycles. The molecule has 0 spiro atoms. The summed E-state index contributed by atoms with van der Waals surface area (Å²) in [6.45, 7) is 6.07. The predicted molar refractivity (Wildman–Crippen MR) is 66.9 cm³/mol. The highest BCUT2D eigenvalue weighted by atomic mass is 16.6. The lowest BCUT2D eigenvalue weighted by Crippen LogP contribution is -2.23. The van der Waals surface area contributed by atoms with Crippen LogP contribution in [0.3, 0.4) is 0 Å². The molecule has 0 aliphatic heterocycles. The molecule has 0 bridgehead atoms. The van der Waals surface area contributed by atoms with Gasteiger partial charge in [-0.15, -0.1) is 6.58 Å². The van der Waals surface area contributed by atoms with Crippen LogP contribution in [0.25, 0.3) is 0 Å². The molecule has 0 rings (SSSR count). The molecule has 0 saturated carbocycles. The molecule has 0 radical (unpaired) electrons. The molecule has 0 aliphatic carbocycles. The van der Waals surface area contributed by atoms with Gasteiger partial charge in [-0.1, -0.05) is 51.5 Å². The van der Waals surface area contributed by atoms with E-state index in [1.54, 1.807) is 6.08 Å². The van der Waals surface area contributed by atoms with E-state index in [-0.39, 0.29) is 5.91 Å². The van der Waals surface area contributed by atoms with Crippen molar-refractivity contribution in [3.05, 3.63) is 12.7 Å². The maximum atomic E-state index is 11.2. The first kappa shape index (κ1) is 15.2. The number of amides is 1. The summed E-state index contributed by atoms with van der Waals surface area (Å²) in [5.41, 5.74) is 2.38. The summed E-state index contributed by atoms with van der Waals surface area (Å²) in [7, 11) is 0. The largest absolute Gasteiger partial charge is 0.273 e. The topological polar surface area (TPSA) is 38.3 Å². The zero-order valence-electron chi connectivity index (χ0n) is 10.5. The lowest BCUT2D eigenvalue weighted by Gasteiger charge is -2.03. The van der Waals surface area contributed by atoms with Gasteiger partial charge in [0.2, 0.25) is 5.91 Å². The molecule has 0 aromatic heterocycles. The van der Waals surface area contributed by atoms with Crippen LogP contribution in [0, 0.1) is 0 Å². The van der Waals surface area contributed by atoms with Gasteiger partial charge in [-0.25, -0.2) is 5.48 Å². The second kappa shape index (κ2) is 12.2. The van der Waals surface area contributed by atoms with E-state index in [2.05, 4.69) is 19.0 Å². The van der Waals surface area contributed by atoms with Crippen molar-refractivity contribution in [2.75, 3.05) is 6.61 Å². The Labute approximate surface area is 99.2 Å². The fourth-order valence-corrected chi connectivity index (χ4v) is 1.47. The molecule has 3 heteroatoms. The van der Waals surface area contributed by atoms with Crippen LogP contribution in [-0.4, -0.2) is 12.5 Å². The normalized spacial score (nSPS) is 10.1. The van der Waals surface area contributed by atoms with Crippen molar-refractivity contribution in [1.82, 2.24) is 5.48 Å². The number of hydrogen-bond donors (Lipinski definition) is 1. The van der Waals surface area contributed by atoms with Crippen molar-refractivity contribution in [3.8, 4) is 0 Å². The Balaban J connectivity index is 3.12. The molecule has 94 valence electrons. The van der Waals surface area contributed by atoms with Crippen LogP contribution in [-0.2, 0) is 9.63 Å². The summed E-state index contributed by atoms with van der Waals surface area (Å²) in [6, 6.07) is 0. The Morgan fingerprint density at radius 2 is 1.81 bits per heavy atom. The summed E-state index contributed by atoms with van der Waals surface area (Å²) in [5.74, 6) is -0.0320. The molecular formula is C13H25NO2. The highest BCUT2D eigenvalue weighted by molar-refractivity contribution is 5.74. The van der Waals surface area contributed by atoms with Crippen molar-refractivity contribution < 1.29 is 9.63 Å². The van der Waals surface area contributed by atoms with E-state index in [1.165, 1.54) is 32.1 Å². The Hall–Kier alpha value is -0.830. The van der Waals surface area contributed by atoms with E-state index >= 15 is 0 Å². The van der Waals surface area contributed by atoms with Crippen LogP contribution in [0.5, 0.6) is 0 Å². The average molecular weight is 227 g/mol. The SMILES string of the molecule is C=CCONC(=O)CCCCCCCCC. The molecule has 3 nitrogen and oxygen atoms in total. The van der Waals surface area contributed by atoms with E-state index in [9.17, 15) is 4.79 Å². The first-order valence-corrected chi connectivity index (χ1v) is 6.32. The monoisotopic (exact) mass is 227 g/mol.